The second-order valence-electron chi connectivity index (χ2n) is 13.7. The summed E-state index contributed by atoms with van der Waals surface area (Å²) in [5.41, 5.74) is 11.0. The molecule has 0 saturated heterocycles. The zero-order valence-corrected chi connectivity index (χ0v) is 34.3. The molecule has 0 aliphatic carbocycles. The summed E-state index contributed by atoms with van der Waals surface area (Å²) in [5, 5.41) is 1.94. The number of esters is 1. The van der Waals surface area contributed by atoms with Crippen LogP contribution in [-0.2, 0) is 10.3 Å². The summed E-state index contributed by atoms with van der Waals surface area (Å²) in [6.07, 6.45) is 11.4. The van der Waals surface area contributed by atoms with Gasteiger partial charge in [-0.2, -0.15) is 0 Å². The molecule has 6 aromatic carbocycles. The first-order valence-electron chi connectivity index (χ1n) is 17.3. The van der Waals surface area contributed by atoms with Crippen molar-refractivity contribution in [1.82, 2.24) is 0 Å². The maximum absolute atomic E-state index is 12.8. The molecule has 0 bridgehead atoms. The van der Waals surface area contributed by atoms with E-state index in [0.717, 1.165) is 86.5 Å². The molecule has 1 unspecified atom stereocenters. The molecule has 6 aromatic rings. The van der Waals surface area contributed by atoms with Gasteiger partial charge in [0.05, 0.1) is 5.56 Å². The minimum atomic E-state index is -1.09. The van der Waals surface area contributed by atoms with Crippen LogP contribution in [-0.4, -0.2) is 5.97 Å². The van der Waals surface area contributed by atoms with E-state index in [2.05, 4.69) is 93.6 Å². The summed E-state index contributed by atoms with van der Waals surface area (Å²) < 4.78 is 20.5. The van der Waals surface area contributed by atoms with Crippen LogP contribution in [0, 0.1) is 52.4 Å². The Morgan fingerprint density at radius 3 is 1.87 bits per heavy atom. The van der Waals surface area contributed by atoms with Gasteiger partial charge in [0.15, 0.2) is 5.60 Å². The largest absolute Gasteiger partial charge is 1.00 e. The highest BCUT2D eigenvalue weighted by molar-refractivity contribution is 9.10. The maximum atomic E-state index is 12.8. The van der Waals surface area contributed by atoms with Crippen molar-refractivity contribution in [2.75, 3.05) is 0 Å². The minimum Gasteiger partial charge on any atom is -1.00 e. The molecule has 9 rings (SSSR count). The number of halogens is 3. The fourth-order valence-corrected chi connectivity index (χ4v) is 8.18. The Kier molecular flexibility index (Phi) is 9.82. The van der Waals surface area contributed by atoms with Crippen molar-refractivity contribution in [2.45, 2.75) is 33.3 Å². The molecule has 7 heteroatoms. The van der Waals surface area contributed by atoms with E-state index in [1.165, 1.54) is 11.1 Å². The molecule has 3 aliphatic heterocycles. The van der Waals surface area contributed by atoms with Crippen molar-refractivity contribution in [3.05, 3.63) is 183 Å². The number of terminal acetylenes is 2. The second kappa shape index (κ2) is 14.3. The highest BCUT2D eigenvalue weighted by Gasteiger charge is 2.53. The number of carbonyl (C=O) groups is 1. The van der Waals surface area contributed by atoms with Gasteiger partial charge in [-0.05, 0) is 115 Å². The van der Waals surface area contributed by atoms with Crippen molar-refractivity contribution in [3.8, 4) is 47.7 Å². The lowest BCUT2D eigenvalue weighted by molar-refractivity contribution is -0.0000550. The summed E-state index contributed by atoms with van der Waals surface area (Å²) in [7, 11) is 0. The van der Waals surface area contributed by atoms with Gasteiger partial charge in [0.1, 0.15) is 23.0 Å². The van der Waals surface area contributed by atoms with Crippen molar-refractivity contribution in [3.63, 3.8) is 0 Å². The van der Waals surface area contributed by atoms with Gasteiger partial charge in [-0.15, -0.1) is 12.8 Å². The number of hydrogen-bond acceptors (Lipinski definition) is 4. The predicted octanol–water partition coefficient (Wildman–Crippen LogP) is 7.43. The van der Waals surface area contributed by atoms with Crippen molar-refractivity contribution >= 4 is 50.0 Å². The SMILES string of the molecule is C#Cc1cc2c(cc1C)Oc1cc(=C)c(Br)cc1=C2c1ccccc1C.C#Cc1cc2c(cc1C)Oc1cc(C)c(Br)cc1C21OC(=O)c2ccccc21.[Cl-]. The Morgan fingerprint density at radius 1 is 0.600 bits per heavy atom. The van der Waals surface area contributed by atoms with Gasteiger partial charge in [0, 0.05) is 53.1 Å². The van der Waals surface area contributed by atoms with Gasteiger partial charge in [-0.1, -0.05) is 92.7 Å². The molecule has 1 atom stereocenters. The summed E-state index contributed by atoms with van der Waals surface area (Å²) in [5.74, 6) is 8.13. The summed E-state index contributed by atoms with van der Waals surface area (Å²) in [4.78, 5) is 12.8. The summed E-state index contributed by atoms with van der Waals surface area (Å²) >= 11 is 7.22. The first kappa shape index (κ1) is 37.8. The zero-order valence-electron chi connectivity index (χ0n) is 30.4. The maximum Gasteiger partial charge on any atom is 0.340 e. The molecule has 4 nitrogen and oxygen atoms in total. The fraction of sp³-hybridized carbons (Fsp3) is 0.104. The van der Waals surface area contributed by atoms with Gasteiger partial charge in [-0.3, -0.25) is 0 Å². The number of benzene rings is 6. The number of carbonyl (C=O) groups excluding carboxylic acids is 1. The Morgan fingerprint density at radius 2 is 1.18 bits per heavy atom. The molecule has 3 heterocycles. The third-order valence-electron chi connectivity index (χ3n) is 10.3. The van der Waals surface area contributed by atoms with E-state index in [1.54, 1.807) is 6.07 Å². The highest BCUT2D eigenvalue weighted by atomic mass is 79.9. The average Bonchev–Trinajstić information content (AvgIpc) is 3.45. The van der Waals surface area contributed by atoms with E-state index in [1.807, 2.05) is 75.4 Å². The number of hydrogen-bond donors (Lipinski definition) is 0. The average molecular weight is 868 g/mol. The van der Waals surface area contributed by atoms with Crippen molar-refractivity contribution in [1.29, 1.82) is 0 Å². The van der Waals surface area contributed by atoms with Crippen LogP contribution in [0.5, 0.6) is 23.0 Å². The quantitative estimate of drug-likeness (QED) is 0.127. The normalized spacial score (nSPS) is 15.1. The lowest BCUT2D eigenvalue weighted by Gasteiger charge is -2.37. The van der Waals surface area contributed by atoms with Gasteiger partial charge >= 0.3 is 5.97 Å². The highest BCUT2D eigenvalue weighted by Crippen LogP contribution is 2.57. The molecule has 55 heavy (non-hydrogen) atoms. The third-order valence-corrected chi connectivity index (χ3v) is 11.9. The van der Waals surface area contributed by atoms with Gasteiger partial charge in [-0.25, -0.2) is 4.79 Å². The molecule has 0 aromatic heterocycles. The third kappa shape index (κ3) is 6.06. The van der Waals surface area contributed by atoms with E-state index in [0.29, 0.717) is 17.1 Å². The monoisotopic (exact) mass is 865 g/mol. The lowest BCUT2D eigenvalue weighted by Crippen LogP contribution is -3.00. The second-order valence-corrected chi connectivity index (χ2v) is 15.4. The van der Waals surface area contributed by atoms with E-state index in [9.17, 15) is 4.79 Å². The Hall–Kier alpha value is -5.50. The molecular formula is C48H32Br2ClO4-. The molecule has 0 radical (unpaired) electrons. The smallest absolute Gasteiger partial charge is 0.340 e. The zero-order chi connectivity index (χ0) is 38.1. The van der Waals surface area contributed by atoms with Crippen LogP contribution in [0.4, 0.5) is 0 Å². The fourth-order valence-electron chi connectivity index (χ4n) is 7.49. The molecule has 270 valence electrons. The van der Waals surface area contributed by atoms with E-state index < -0.39 is 5.60 Å². The predicted molar refractivity (Wildman–Crippen MR) is 221 cm³/mol. The van der Waals surface area contributed by atoms with Crippen LogP contribution in [0.3, 0.4) is 0 Å². The summed E-state index contributed by atoms with van der Waals surface area (Å²) in [6, 6.07) is 31.7. The lowest BCUT2D eigenvalue weighted by atomic mass is 9.76. The molecular weight excluding hydrogens is 836 g/mol. The molecule has 3 aliphatic rings. The Bertz CT molecular complexity index is 2840. The summed E-state index contributed by atoms with van der Waals surface area (Å²) in [6.45, 7) is 12.2. The number of fused-ring (bicyclic) bond motifs is 8. The van der Waals surface area contributed by atoms with E-state index in [4.69, 9.17) is 27.1 Å². The number of rotatable bonds is 1. The van der Waals surface area contributed by atoms with E-state index in [-0.39, 0.29) is 18.4 Å². The van der Waals surface area contributed by atoms with Crippen LogP contribution in [0.1, 0.15) is 71.6 Å². The van der Waals surface area contributed by atoms with Crippen LogP contribution < -0.4 is 32.3 Å². The topological polar surface area (TPSA) is 44.8 Å². The standard InChI is InChI=1S/C24H15BrO3.C24H17BrO.ClH/c1-4-15-11-18-21(9-13(15)2)27-22-10-14(3)20(25)12-19(22)24(18)17-8-6-5-7-16(17)23(26)28-24;1-5-17-12-19-22(10-15(17)3)26-23-11-16(4)21(25)13-20(23)24(19)18-9-7-6-8-14(18)2;/h1,5-12H,2-3H3;1,6-13H,4H2,2-3H3;1H/p-1. The van der Waals surface area contributed by atoms with Crippen molar-refractivity contribution in [2.24, 2.45) is 0 Å². The minimum absolute atomic E-state index is 0. The van der Waals surface area contributed by atoms with Gasteiger partial charge in [0.25, 0.3) is 0 Å². The number of aryl methyl sites for hydroxylation is 4. The van der Waals surface area contributed by atoms with Crippen LogP contribution >= 0.6 is 31.9 Å². The first-order chi connectivity index (χ1) is 25.9. The van der Waals surface area contributed by atoms with Gasteiger partial charge in [0.2, 0.25) is 0 Å². The molecule has 1 spiro atoms. The van der Waals surface area contributed by atoms with Gasteiger partial charge < -0.3 is 26.6 Å². The first-order valence-corrected chi connectivity index (χ1v) is 18.8. The van der Waals surface area contributed by atoms with Crippen LogP contribution in [0.15, 0.2) is 106 Å². The van der Waals surface area contributed by atoms with Crippen LogP contribution in [0.2, 0.25) is 0 Å². The molecule has 0 amide bonds. The van der Waals surface area contributed by atoms with Crippen LogP contribution in [0.25, 0.3) is 12.2 Å². The molecule has 0 saturated carbocycles. The Labute approximate surface area is 343 Å². The molecule has 0 fully saturated rings. The van der Waals surface area contributed by atoms with E-state index >= 15 is 0 Å². The molecule has 0 N–H and O–H groups in total. The Balaban J connectivity index is 0.000000167. The van der Waals surface area contributed by atoms with Crippen molar-refractivity contribution < 1.29 is 31.4 Å². The number of ether oxygens (including phenoxy) is 3.